The summed E-state index contributed by atoms with van der Waals surface area (Å²) >= 11 is 0. The molecule has 0 atom stereocenters. The Kier molecular flexibility index (Phi) is 6.59. The minimum atomic E-state index is -4.07. The molecule has 2 amide bonds. The molecule has 7 nitrogen and oxygen atoms in total. The van der Waals surface area contributed by atoms with Crippen LogP contribution in [-0.4, -0.2) is 45.3 Å². The molecule has 2 aromatic rings. The van der Waals surface area contributed by atoms with Gasteiger partial charge < -0.3 is 10.2 Å². The molecular formula is C17H17F2N3O4S. The number of benzene rings is 2. The van der Waals surface area contributed by atoms with Crippen LogP contribution in [0.1, 0.15) is 0 Å². The Balaban J connectivity index is 1.87. The summed E-state index contributed by atoms with van der Waals surface area (Å²) in [6.07, 6.45) is 0. The lowest BCUT2D eigenvalue weighted by Gasteiger charge is -2.17. The Morgan fingerprint density at radius 1 is 1.04 bits per heavy atom. The molecule has 2 aromatic carbocycles. The number of anilines is 1. The van der Waals surface area contributed by atoms with Crippen molar-refractivity contribution >= 4 is 27.5 Å². The number of hydrogen-bond donors (Lipinski definition) is 2. The number of sulfonamides is 1. The van der Waals surface area contributed by atoms with Crippen molar-refractivity contribution in [2.45, 2.75) is 4.90 Å². The molecule has 0 aliphatic rings. The van der Waals surface area contributed by atoms with Gasteiger partial charge in [0.15, 0.2) is 0 Å². The molecule has 0 aliphatic carbocycles. The van der Waals surface area contributed by atoms with Crippen LogP contribution >= 0.6 is 0 Å². The molecule has 0 spiro atoms. The lowest BCUT2D eigenvalue weighted by atomic mass is 10.3. The van der Waals surface area contributed by atoms with E-state index in [4.69, 9.17) is 0 Å². The van der Waals surface area contributed by atoms with Gasteiger partial charge in [-0.15, -0.1) is 0 Å². The molecule has 0 aliphatic heterocycles. The SMILES string of the molecule is CN(CC(=O)Nc1ccc(F)cc1)C(=O)CNS(=O)(=O)c1cccc(F)c1. The van der Waals surface area contributed by atoms with Crippen molar-refractivity contribution in [3.63, 3.8) is 0 Å². The Morgan fingerprint density at radius 2 is 1.70 bits per heavy atom. The third kappa shape index (κ3) is 6.12. The first-order chi connectivity index (χ1) is 12.7. The average molecular weight is 397 g/mol. The van der Waals surface area contributed by atoms with E-state index in [0.29, 0.717) is 5.69 Å². The van der Waals surface area contributed by atoms with Crippen LogP contribution in [0, 0.1) is 11.6 Å². The summed E-state index contributed by atoms with van der Waals surface area (Å²) in [6.45, 7) is -0.933. The molecule has 0 saturated carbocycles. The van der Waals surface area contributed by atoms with Gasteiger partial charge in [-0.05, 0) is 42.5 Å². The number of likely N-dealkylation sites (N-methyl/N-ethyl adjacent to an activating group) is 1. The fourth-order valence-electron chi connectivity index (χ4n) is 2.05. The average Bonchev–Trinajstić information content (AvgIpc) is 2.61. The zero-order chi connectivity index (χ0) is 20.0. The number of amides is 2. The summed E-state index contributed by atoms with van der Waals surface area (Å²) in [4.78, 5) is 24.6. The number of hydrogen-bond acceptors (Lipinski definition) is 4. The highest BCUT2D eigenvalue weighted by Gasteiger charge is 2.19. The normalized spacial score (nSPS) is 11.1. The van der Waals surface area contributed by atoms with Crippen molar-refractivity contribution in [1.29, 1.82) is 0 Å². The Morgan fingerprint density at radius 3 is 2.33 bits per heavy atom. The van der Waals surface area contributed by atoms with Crippen molar-refractivity contribution in [1.82, 2.24) is 9.62 Å². The lowest BCUT2D eigenvalue weighted by Crippen LogP contribution is -2.41. The van der Waals surface area contributed by atoms with Crippen molar-refractivity contribution in [3.05, 3.63) is 60.2 Å². The zero-order valence-corrected chi connectivity index (χ0v) is 15.1. The van der Waals surface area contributed by atoms with Crippen LogP contribution in [0.5, 0.6) is 0 Å². The Labute approximate surface area is 155 Å². The maximum Gasteiger partial charge on any atom is 0.243 e. The van der Waals surface area contributed by atoms with Crippen molar-refractivity contribution in [3.8, 4) is 0 Å². The van der Waals surface area contributed by atoms with Crippen LogP contribution in [-0.2, 0) is 19.6 Å². The molecule has 0 unspecified atom stereocenters. The lowest BCUT2D eigenvalue weighted by molar-refractivity contribution is -0.132. The second-order valence-electron chi connectivity index (χ2n) is 5.59. The van der Waals surface area contributed by atoms with Crippen LogP contribution in [0.15, 0.2) is 53.4 Å². The molecule has 27 heavy (non-hydrogen) atoms. The molecule has 0 heterocycles. The van der Waals surface area contributed by atoms with Crippen molar-refractivity contribution in [2.24, 2.45) is 0 Å². The number of carbonyl (C=O) groups is 2. The van der Waals surface area contributed by atoms with Crippen LogP contribution in [0.2, 0.25) is 0 Å². The second kappa shape index (κ2) is 8.69. The summed E-state index contributed by atoms with van der Waals surface area (Å²) < 4.78 is 52.1. The fourth-order valence-corrected chi connectivity index (χ4v) is 3.05. The van der Waals surface area contributed by atoms with Gasteiger partial charge in [0.25, 0.3) is 0 Å². The van der Waals surface area contributed by atoms with E-state index < -0.39 is 40.0 Å². The predicted octanol–water partition coefficient (Wildman–Crippen LogP) is 1.34. The van der Waals surface area contributed by atoms with E-state index in [1.807, 2.05) is 0 Å². The van der Waals surface area contributed by atoms with Gasteiger partial charge in [0.2, 0.25) is 21.8 Å². The fraction of sp³-hybridized carbons (Fsp3) is 0.176. The van der Waals surface area contributed by atoms with E-state index in [9.17, 15) is 26.8 Å². The molecule has 144 valence electrons. The van der Waals surface area contributed by atoms with E-state index in [2.05, 4.69) is 10.0 Å². The van der Waals surface area contributed by atoms with Gasteiger partial charge in [-0.2, -0.15) is 0 Å². The summed E-state index contributed by atoms with van der Waals surface area (Å²) in [5, 5.41) is 2.48. The summed E-state index contributed by atoms with van der Waals surface area (Å²) in [7, 11) is -2.74. The van der Waals surface area contributed by atoms with E-state index in [1.54, 1.807) is 0 Å². The van der Waals surface area contributed by atoms with Crippen molar-refractivity contribution < 1.29 is 26.8 Å². The van der Waals surface area contributed by atoms with Crippen LogP contribution in [0.25, 0.3) is 0 Å². The standard InChI is InChI=1S/C17H17F2N3O4S/c1-22(11-16(23)21-14-7-5-12(18)6-8-14)17(24)10-20-27(25,26)15-4-2-3-13(19)9-15/h2-9,20H,10-11H2,1H3,(H,21,23). The maximum absolute atomic E-state index is 13.1. The van der Waals surface area contributed by atoms with Gasteiger partial charge in [0.05, 0.1) is 18.0 Å². The minimum absolute atomic E-state index is 0.313. The first kappa shape index (κ1) is 20.5. The highest BCUT2D eigenvalue weighted by molar-refractivity contribution is 7.89. The molecule has 0 saturated heterocycles. The molecule has 2 N–H and O–H groups in total. The maximum atomic E-state index is 13.1. The number of rotatable bonds is 7. The molecule has 2 rings (SSSR count). The van der Waals surface area contributed by atoms with Crippen LogP contribution < -0.4 is 10.0 Å². The van der Waals surface area contributed by atoms with Gasteiger partial charge in [0.1, 0.15) is 11.6 Å². The topological polar surface area (TPSA) is 95.6 Å². The van der Waals surface area contributed by atoms with Gasteiger partial charge in [-0.1, -0.05) is 6.07 Å². The summed E-state index contributed by atoms with van der Waals surface area (Å²) in [6, 6.07) is 9.42. The number of nitrogens with zero attached hydrogens (tertiary/aromatic N) is 1. The second-order valence-corrected chi connectivity index (χ2v) is 7.35. The third-order valence-electron chi connectivity index (χ3n) is 3.45. The monoisotopic (exact) mass is 397 g/mol. The van der Waals surface area contributed by atoms with Crippen LogP contribution in [0.3, 0.4) is 0 Å². The first-order valence-electron chi connectivity index (χ1n) is 7.72. The van der Waals surface area contributed by atoms with Crippen molar-refractivity contribution in [2.75, 3.05) is 25.5 Å². The first-order valence-corrected chi connectivity index (χ1v) is 9.20. The van der Waals surface area contributed by atoms with E-state index >= 15 is 0 Å². The molecule has 0 radical (unpaired) electrons. The Bertz CT molecular complexity index is 933. The van der Waals surface area contributed by atoms with Gasteiger partial charge in [-0.3, -0.25) is 9.59 Å². The number of halogens is 2. The molecular weight excluding hydrogens is 380 g/mol. The quantitative estimate of drug-likeness (QED) is 0.737. The number of nitrogens with one attached hydrogen (secondary N) is 2. The largest absolute Gasteiger partial charge is 0.335 e. The van der Waals surface area contributed by atoms with Crippen LogP contribution in [0.4, 0.5) is 14.5 Å². The molecule has 0 aromatic heterocycles. The van der Waals surface area contributed by atoms with Gasteiger partial charge >= 0.3 is 0 Å². The summed E-state index contributed by atoms with van der Waals surface area (Å²) in [5.74, 6) is -2.38. The molecule has 0 bridgehead atoms. The molecule has 10 heteroatoms. The highest BCUT2D eigenvalue weighted by atomic mass is 32.2. The van der Waals surface area contributed by atoms with E-state index in [-0.39, 0.29) is 11.4 Å². The number of carbonyl (C=O) groups excluding carboxylic acids is 2. The highest BCUT2D eigenvalue weighted by Crippen LogP contribution is 2.10. The van der Waals surface area contributed by atoms with E-state index in [1.165, 1.54) is 43.4 Å². The van der Waals surface area contributed by atoms with Gasteiger partial charge in [0, 0.05) is 12.7 Å². The third-order valence-corrected chi connectivity index (χ3v) is 4.85. The predicted molar refractivity (Wildman–Crippen MR) is 94.3 cm³/mol. The smallest absolute Gasteiger partial charge is 0.243 e. The Hall–Kier alpha value is -2.85. The molecule has 0 fully saturated rings. The van der Waals surface area contributed by atoms with E-state index in [0.717, 1.165) is 17.0 Å². The van der Waals surface area contributed by atoms with Gasteiger partial charge in [-0.25, -0.2) is 21.9 Å². The zero-order valence-electron chi connectivity index (χ0n) is 14.3. The summed E-state index contributed by atoms with van der Waals surface area (Å²) in [5.41, 5.74) is 0.356. The minimum Gasteiger partial charge on any atom is -0.335 e.